The molecule has 0 unspecified atom stereocenters. The SMILES string of the molecule is CN(C(=O)c1nc(-c2ccc(F)cc2)n2c1CCCCC2)C1CCCCC1. The summed E-state index contributed by atoms with van der Waals surface area (Å²) in [6.07, 6.45) is 10.1. The second-order valence-electron chi connectivity index (χ2n) is 7.91. The van der Waals surface area contributed by atoms with E-state index < -0.39 is 0 Å². The molecule has 1 saturated carbocycles. The van der Waals surface area contributed by atoms with Crippen LogP contribution in [0, 0.1) is 5.82 Å². The maximum Gasteiger partial charge on any atom is 0.274 e. The predicted molar refractivity (Wildman–Crippen MR) is 104 cm³/mol. The standard InChI is InChI=1S/C22H28FN3O/c1-25(18-8-4-2-5-9-18)22(27)20-19-10-6-3-7-15-26(19)21(24-20)16-11-13-17(23)14-12-16/h11-14,18H,2-10,15H2,1H3. The summed E-state index contributed by atoms with van der Waals surface area (Å²) < 4.78 is 15.6. The first kappa shape index (κ1) is 18.2. The molecule has 2 aromatic rings. The van der Waals surface area contributed by atoms with Crippen LogP contribution >= 0.6 is 0 Å². The summed E-state index contributed by atoms with van der Waals surface area (Å²) in [6.45, 7) is 0.871. The third kappa shape index (κ3) is 3.64. The third-order valence-corrected chi connectivity index (χ3v) is 6.12. The van der Waals surface area contributed by atoms with Gasteiger partial charge in [-0.1, -0.05) is 25.7 Å². The molecule has 2 heterocycles. The van der Waals surface area contributed by atoms with Crippen LogP contribution in [0.2, 0.25) is 0 Å². The van der Waals surface area contributed by atoms with Gasteiger partial charge in [-0.2, -0.15) is 0 Å². The van der Waals surface area contributed by atoms with Gasteiger partial charge in [0.25, 0.3) is 5.91 Å². The Labute approximate surface area is 160 Å². The van der Waals surface area contributed by atoms with Crippen molar-refractivity contribution in [3.05, 3.63) is 41.5 Å². The first-order valence-corrected chi connectivity index (χ1v) is 10.3. The average Bonchev–Trinajstić information content (AvgIpc) is 2.89. The molecule has 4 rings (SSSR count). The van der Waals surface area contributed by atoms with E-state index in [0.717, 1.165) is 62.2 Å². The number of carbonyl (C=O) groups excluding carboxylic acids is 1. The lowest BCUT2D eigenvalue weighted by Gasteiger charge is -2.31. The summed E-state index contributed by atoms with van der Waals surface area (Å²) in [4.78, 5) is 20.0. The smallest absolute Gasteiger partial charge is 0.274 e. The van der Waals surface area contributed by atoms with E-state index in [4.69, 9.17) is 4.98 Å². The molecule has 1 aliphatic heterocycles. The second kappa shape index (κ2) is 7.83. The number of amides is 1. The van der Waals surface area contributed by atoms with Crippen LogP contribution in [0.1, 0.15) is 67.5 Å². The largest absolute Gasteiger partial charge is 0.337 e. The van der Waals surface area contributed by atoms with Gasteiger partial charge < -0.3 is 9.47 Å². The molecule has 0 saturated heterocycles. The maximum absolute atomic E-state index is 13.4. The summed E-state index contributed by atoms with van der Waals surface area (Å²) in [6, 6.07) is 6.76. The number of aromatic nitrogens is 2. The van der Waals surface area contributed by atoms with E-state index in [1.807, 2.05) is 11.9 Å². The molecule has 0 spiro atoms. The molecule has 2 aliphatic rings. The summed E-state index contributed by atoms with van der Waals surface area (Å²) in [7, 11) is 1.93. The fraction of sp³-hybridized carbons (Fsp3) is 0.545. The zero-order valence-electron chi connectivity index (χ0n) is 16.1. The van der Waals surface area contributed by atoms with Gasteiger partial charge in [0, 0.05) is 25.2 Å². The Kier molecular flexibility index (Phi) is 5.28. The van der Waals surface area contributed by atoms with Crippen molar-refractivity contribution in [1.29, 1.82) is 0 Å². The van der Waals surface area contributed by atoms with Crippen LogP contribution < -0.4 is 0 Å². The zero-order chi connectivity index (χ0) is 18.8. The number of nitrogens with zero attached hydrogens (tertiary/aromatic N) is 3. The monoisotopic (exact) mass is 369 g/mol. The highest BCUT2D eigenvalue weighted by Crippen LogP contribution is 2.29. The molecule has 1 fully saturated rings. The van der Waals surface area contributed by atoms with E-state index in [9.17, 15) is 9.18 Å². The summed E-state index contributed by atoms with van der Waals surface area (Å²) >= 11 is 0. The Morgan fingerprint density at radius 1 is 1.07 bits per heavy atom. The van der Waals surface area contributed by atoms with Crippen molar-refractivity contribution < 1.29 is 9.18 Å². The molecule has 1 amide bonds. The highest BCUT2D eigenvalue weighted by Gasteiger charge is 2.29. The van der Waals surface area contributed by atoms with Gasteiger partial charge in [-0.25, -0.2) is 9.37 Å². The fourth-order valence-corrected chi connectivity index (χ4v) is 4.51. The van der Waals surface area contributed by atoms with E-state index in [2.05, 4.69) is 4.57 Å². The Morgan fingerprint density at radius 2 is 1.78 bits per heavy atom. The minimum atomic E-state index is -0.255. The molecule has 4 nitrogen and oxygen atoms in total. The molecular weight excluding hydrogens is 341 g/mol. The number of halogens is 1. The number of hydrogen-bond acceptors (Lipinski definition) is 2. The van der Waals surface area contributed by atoms with Crippen molar-refractivity contribution in [2.75, 3.05) is 7.05 Å². The number of carbonyl (C=O) groups is 1. The van der Waals surface area contributed by atoms with E-state index in [-0.39, 0.29) is 11.7 Å². The molecule has 1 aliphatic carbocycles. The molecule has 5 heteroatoms. The fourth-order valence-electron chi connectivity index (χ4n) is 4.51. The van der Waals surface area contributed by atoms with Crippen molar-refractivity contribution in [2.24, 2.45) is 0 Å². The highest BCUT2D eigenvalue weighted by atomic mass is 19.1. The van der Waals surface area contributed by atoms with Gasteiger partial charge in [-0.05, 0) is 56.4 Å². The Morgan fingerprint density at radius 3 is 2.52 bits per heavy atom. The predicted octanol–water partition coefficient (Wildman–Crippen LogP) is 4.82. The van der Waals surface area contributed by atoms with Crippen molar-refractivity contribution in [3.8, 4) is 11.4 Å². The van der Waals surface area contributed by atoms with E-state index in [1.54, 1.807) is 12.1 Å². The summed E-state index contributed by atoms with van der Waals surface area (Å²) in [5.74, 6) is 0.586. The Balaban J connectivity index is 1.71. The van der Waals surface area contributed by atoms with Crippen LogP contribution in [0.4, 0.5) is 4.39 Å². The van der Waals surface area contributed by atoms with Gasteiger partial charge in [0.15, 0.2) is 0 Å². The van der Waals surface area contributed by atoms with Crippen LogP contribution in [0.15, 0.2) is 24.3 Å². The maximum atomic E-state index is 13.4. The summed E-state index contributed by atoms with van der Waals surface area (Å²) in [5.41, 5.74) is 2.53. The van der Waals surface area contributed by atoms with E-state index in [0.29, 0.717) is 11.7 Å². The number of benzene rings is 1. The average molecular weight is 369 g/mol. The lowest BCUT2D eigenvalue weighted by atomic mass is 9.94. The normalized spacial score (nSPS) is 18.0. The number of hydrogen-bond donors (Lipinski definition) is 0. The van der Waals surface area contributed by atoms with Gasteiger partial charge >= 0.3 is 0 Å². The molecule has 144 valence electrons. The number of rotatable bonds is 3. The quantitative estimate of drug-likeness (QED) is 0.778. The zero-order valence-corrected chi connectivity index (χ0v) is 16.1. The Hall–Kier alpha value is -2.17. The van der Waals surface area contributed by atoms with Gasteiger partial charge in [0.05, 0.1) is 5.69 Å². The van der Waals surface area contributed by atoms with Crippen LogP contribution in [-0.4, -0.2) is 33.4 Å². The van der Waals surface area contributed by atoms with Crippen LogP contribution in [0.3, 0.4) is 0 Å². The molecule has 0 atom stereocenters. The molecule has 0 bridgehead atoms. The lowest BCUT2D eigenvalue weighted by molar-refractivity contribution is 0.0689. The van der Waals surface area contributed by atoms with Crippen LogP contribution in [0.25, 0.3) is 11.4 Å². The van der Waals surface area contributed by atoms with Crippen molar-refractivity contribution in [3.63, 3.8) is 0 Å². The van der Waals surface area contributed by atoms with Gasteiger partial charge in [-0.15, -0.1) is 0 Å². The minimum absolute atomic E-state index is 0.0425. The van der Waals surface area contributed by atoms with Gasteiger partial charge in [0.1, 0.15) is 17.3 Å². The molecule has 1 aromatic carbocycles. The second-order valence-corrected chi connectivity index (χ2v) is 7.91. The molecule has 1 aromatic heterocycles. The van der Waals surface area contributed by atoms with E-state index >= 15 is 0 Å². The highest BCUT2D eigenvalue weighted by molar-refractivity contribution is 5.94. The van der Waals surface area contributed by atoms with Crippen molar-refractivity contribution in [2.45, 2.75) is 70.4 Å². The first-order chi connectivity index (χ1) is 13.1. The van der Waals surface area contributed by atoms with E-state index in [1.165, 1.54) is 31.4 Å². The van der Waals surface area contributed by atoms with Crippen molar-refractivity contribution in [1.82, 2.24) is 14.5 Å². The van der Waals surface area contributed by atoms with Crippen LogP contribution in [-0.2, 0) is 13.0 Å². The number of imidazole rings is 1. The summed E-state index contributed by atoms with van der Waals surface area (Å²) in [5, 5.41) is 0. The molecule has 0 N–H and O–H groups in total. The topological polar surface area (TPSA) is 38.1 Å². The molecule has 0 radical (unpaired) electrons. The van der Waals surface area contributed by atoms with Crippen molar-refractivity contribution >= 4 is 5.91 Å². The molecular formula is C22H28FN3O. The van der Waals surface area contributed by atoms with Crippen LogP contribution in [0.5, 0.6) is 0 Å². The van der Waals surface area contributed by atoms with Gasteiger partial charge in [0.2, 0.25) is 0 Å². The minimum Gasteiger partial charge on any atom is -0.337 e. The number of fused-ring (bicyclic) bond motifs is 1. The first-order valence-electron chi connectivity index (χ1n) is 10.3. The lowest BCUT2D eigenvalue weighted by Crippen LogP contribution is -2.38. The molecule has 27 heavy (non-hydrogen) atoms. The third-order valence-electron chi connectivity index (χ3n) is 6.12. The van der Waals surface area contributed by atoms with Gasteiger partial charge in [-0.3, -0.25) is 4.79 Å². The Bertz CT molecular complexity index is 806.